The molecule has 3 saturated heterocycles. The number of hydrogen-bond donors (Lipinski definition) is 1. The number of furan rings is 1. The highest BCUT2D eigenvalue weighted by molar-refractivity contribution is 6.01. The van der Waals surface area contributed by atoms with Crippen LogP contribution in [0.4, 0.5) is 0 Å². The number of aliphatic hydroxyl groups is 1. The van der Waals surface area contributed by atoms with Crippen LogP contribution < -0.4 is 0 Å². The zero-order valence-corrected chi connectivity index (χ0v) is 23.9. The summed E-state index contributed by atoms with van der Waals surface area (Å²) in [6.45, 7) is 11.8. The van der Waals surface area contributed by atoms with Crippen LogP contribution in [0.1, 0.15) is 72.5 Å². The molecule has 0 aromatic carbocycles. The van der Waals surface area contributed by atoms with Gasteiger partial charge in [0.15, 0.2) is 11.9 Å². The van der Waals surface area contributed by atoms with Gasteiger partial charge in [0.05, 0.1) is 24.7 Å². The van der Waals surface area contributed by atoms with Crippen LogP contribution in [-0.4, -0.2) is 58.9 Å². The Bertz CT molecular complexity index is 1330. The summed E-state index contributed by atoms with van der Waals surface area (Å²) < 4.78 is 30.6. The predicted octanol–water partition coefficient (Wildman–Crippen LogP) is 3.69. The van der Waals surface area contributed by atoms with Crippen LogP contribution in [0.5, 0.6) is 0 Å². The molecule has 3 aliphatic heterocycles. The number of aliphatic hydroxyl groups excluding tert-OH is 1. The lowest BCUT2D eigenvalue weighted by Gasteiger charge is -2.69. The average molecular weight is 555 g/mol. The van der Waals surface area contributed by atoms with E-state index in [1.807, 2.05) is 40.7 Å². The zero-order chi connectivity index (χ0) is 28.7. The van der Waals surface area contributed by atoms with Crippen molar-refractivity contribution in [3.63, 3.8) is 0 Å². The predicted molar refractivity (Wildman–Crippen MR) is 138 cm³/mol. The summed E-state index contributed by atoms with van der Waals surface area (Å²) in [4.78, 5) is 40.8. The topological polar surface area (TPSA) is 125 Å². The van der Waals surface area contributed by atoms with E-state index < -0.39 is 69.2 Å². The van der Waals surface area contributed by atoms with E-state index >= 15 is 0 Å². The van der Waals surface area contributed by atoms with Crippen molar-refractivity contribution in [2.24, 2.45) is 33.5 Å². The second-order valence-electron chi connectivity index (χ2n) is 14.2. The first-order valence-corrected chi connectivity index (χ1v) is 14.4. The molecule has 1 aromatic rings. The van der Waals surface area contributed by atoms with Gasteiger partial charge in [0, 0.05) is 28.2 Å². The molecule has 216 valence electrons. The second-order valence-corrected chi connectivity index (χ2v) is 14.2. The van der Waals surface area contributed by atoms with Gasteiger partial charge in [-0.15, -0.1) is 0 Å². The first-order valence-electron chi connectivity index (χ1n) is 14.4. The third-order valence-corrected chi connectivity index (χ3v) is 11.9. The standard InChI is InChI=1S/C31H38O9/c1-16(2)13-20(33)38-23-21(34)30-19(32)8-11-29(30,15-37-26(30,3)4)18-7-10-27(5)22(17-9-12-36-14-17)39-25(35)24-31(27,40-24)28(18,23)6/h8-9,11-12,14,16,18,21-24,34H,7,10,13,15H2,1-6H3/t18-,21+,22+,23+,24-,27+,28+,29+,30+,31-/m1/s1. The summed E-state index contributed by atoms with van der Waals surface area (Å²) in [6.07, 6.45) is 3.98. The van der Waals surface area contributed by atoms with Crippen LogP contribution in [0.25, 0.3) is 0 Å². The van der Waals surface area contributed by atoms with Gasteiger partial charge in [0.1, 0.15) is 29.3 Å². The number of carbonyl (C=O) groups is 3. The van der Waals surface area contributed by atoms with Gasteiger partial charge in [0.25, 0.3) is 0 Å². The molecule has 40 heavy (non-hydrogen) atoms. The Morgan fingerprint density at radius 1 is 1.18 bits per heavy atom. The van der Waals surface area contributed by atoms with Crippen LogP contribution in [0, 0.1) is 33.5 Å². The smallest absolute Gasteiger partial charge is 0.339 e. The van der Waals surface area contributed by atoms with E-state index in [1.165, 1.54) is 0 Å². The molecule has 6 aliphatic rings. The van der Waals surface area contributed by atoms with Crippen LogP contribution in [-0.2, 0) is 33.3 Å². The van der Waals surface area contributed by atoms with E-state index in [-0.39, 0.29) is 30.6 Å². The van der Waals surface area contributed by atoms with Gasteiger partial charge in [0.2, 0.25) is 0 Å². The largest absolute Gasteiger partial charge is 0.472 e. The van der Waals surface area contributed by atoms with E-state index in [0.717, 1.165) is 5.56 Å². The quantitative estimate of drug-likeness (QED) is 0.438. The van der Waals surface area contributed by atoms with Gasteiger partial charge < -0.3 is 28.5 Å². The number of ether oxygens (including phenoxy) is 4. The molecule has 3 aliphatic carbocycles. The highest BCUT2D eigenvalue weighted by atomic mass is 16.7. The number of allylic oxidation sites excluding steroid dienone is 1. The number of carbonyl (C=O) groups excluding carboxylic acids is 3. The molecule has 1 N–H and O–H groups in total. The third-order valence-electron chi connectivity index (χ3n) is 11.9. The van der Waals surface area contributed by atoms with Gasteiger partial charge in [-0.2, -0.15) is 0 Å². The Morgan fingerprint density at radius 3 is 2.60 bits per heavy atom. The molecular weight excluding hydrogens is 516 g/mol. The zero-order valence-electron chi connectivity index (χ0n) is 23.9. The molecule has 1 spiro atoms. The van der Waals surface area contributed by atoms with E-state index in [9.17, 15) is 19.5 Å². The van der Waals surface area contributed by atoms with Crippen molar-refractivity contribution in [1.82, 2.24) is 0 Å². The van der Waals surface area contributed by atoms with Crippen LogP contribution in [0.15, 0.2) is 35.2 Å². The molecule has 9 nitrogen and oxygen atoms in total. The van der Waals surface area contributed by atoms with Crippen LogP contribution >= 0.6 is 0 Å². The number of hydrogen-bond acceptors (Lipinski definition) is 9. The molecule has 4 heterocycles. The van der Waals surface area contributed by atoms with E-state index in [4.69, 9.17) is 23.4 Å². The summed E-state index contributed by atoms with van der Waals surface area (Å²) in [5, 5.41) is 12.5. The monoisotopic (exact) mass is 554 g/mol. The fourth-order valence-corrected chi connectivity index (χ4v) is 10.4. The summed E-state index contributed by atoms with van der Waals surface area (Å²) in [5.41, 5.74) is -5.39. The molecule has 0 unspecified atom stereocenters. The number of cyclic esters (lactones) is 1. The summed E-state index contributed by atoms with van der Waals surface area (Å²) in [6, 6.07) is 1.79. The fraction of sp³-hybridized carbons (Fsp3) is 0.710. The summed E-state index contributed by atoms with van der Waals surface area (Å²) >= 11 is 0. The van der Waals surface area contributed by atoms with Gasteiger partial charge in [-0.3, -0.25) is 9.59 Å². The van der Waals surface area contributed by atoms with Gasteiger partial charge >= 0.3 is 11.9 Å². The minimum absolute atomic E-state index is 0.0324. The first kappa shape index (κ1) is 26.4. The number of epoxide rings is 1. The normalized spacial score (nSPS) is 49.5. The number of esters is 2. The van der Waals surface area contributed by atoms with Crippen molar-refractivity contribution in [2.45, 2.75) is 96.4 Å². The number of ketones is 1. The van der Waals surface area contributed by atoms with Gasteiger partial charge in [-0.1, -0.05) is 33.8 Å². The van der Waals surface area contributed by atoms with Crippen molar-refractivity contribution >= 4 is 17.7 Å². The minimum atomic E-state index is -1.39. The molecule has 0 amide bonds. The second kappa shape index (κ2) is 7.66. The molecule has 9 heteroatoms. The molecule has 0 bridgehead atoms. The third kappa shape index (κ3) is 2.56. The Balaban J connectivity index is 1.46. The maximum absolute atomic E-state index is 13.9. The molecule has 10 atom stereocenters. The number of rotatable bonds is 4. The van der Waals surface area contributed by atoms with Crippen molar-refractivity contribution in [3.05, 3.63) is 36.3 Å². The van der Waals surface area contributed by atoms with Crippen molar-refractivity contribution in [1.29, 1.82) is 0 Å². The lowest BCUT2D eigenvalue weighted by molar-refractivity contribution is -0.288. The van der Waals surface area contributed by atoms with Gasteiger partial charge in [-0.05, 0) is 50.7 Å². The summed E-state index contributed by atoms with van der Waals surface area (Å²) in [5.74, 6) is -1.41. The molecule has 5 fully saturated rings. The fourth-order valence-electron chi connectivity index (χ4n) is 10.4. The van der Waals surface area contributed by atoms with Crippen LogP contribution in [0.3, 0.4) is 0 Å². The minimum Gasteiger partial charge on any atom is -0.472 e. The van der Waals surface area contributed by atoms with Gasteiger partial charge in [-0.25, -0.2) is 4.79 Å². The summed E-state index contributed by atoms with van der Waals surface area (Å²) in [7, 11) is 0. The average Bonchev–Trinajstić information content (AvgIpc) is 3.17. The van der Waals surface area contributed by atoms with Crippen molar-refractivity contribution in [2.75, 3.05) is 6.61 Å². The van der Waals surface area contributed by atoms with E-state index in [2.05, 4.69) is 6.92 Å². The highest BCUT2D eigenvalue weighted by Gasteiger charge is 2.93. The molecule has 2 saturated carbocycles. The Kier molecular flexibility index (Phi) is 5.06. The SMILES string of the molecule is CC(C)CC(=O)O[C@H]1[C@H](O)[C@]23C(=O)C=C[C@]2(COC3(C)C)[C@@H]2CC[C@@]3(C)[C@H](c4ccoc4)OC(=O)[C@H]4O[C@]43[C@@]21C. The Labute approximate surface area is 233 Å². The highest BCUT2D eigenvalue weighted by Crippen LogP contribution is 2.82. The maximum Gasteiger partial charge on any atom is 0.339 e. The lowest BCUT2D eigenvalue weighted by atomic mass is 9.34. The van der Waals surface area contributed by atoms with E-state index in [0.29, 0.717) is 12.8 Å². The van der Waals surface area contributed by atoms with E-state index in [1.54, 1.807) is 24.7 Å². The Hall–Kier alpha value is -2.49. The number of fused-ring (bicyclic) bond motifs is 1. The molecule has 7 rings (SSSR count). The van der Waals surface area contributed by atoms with Crippen molar-refractivity contribution < 1.29 is 42.9 Å². The van der Waals surface area contributed by atoms with Crippen LogP contribution in [0.2, 0.25) is 0 Å². The molecule has 1 aromatic heterocycles. The lowest BCUT2D eigenvalue weighted by Crippen LogP contribution is -2.79. The Morgan fingerprint density at radius 2 is 1.93 bits per heavy atom. The maximum atomic E-state index is 13.9. The molecular formula is C31H38O9. The molecule has 0 radical (unpaired) electrons. The first-order chi connectivity index (χ1) is 18.7. The van der Waals surface area contributed by atoms with Crippen molar-refractivity contribution in [3.8, 4) is 0 Å².